The third kappa shape index (κ3) is 2.32. The molecule has 2 heterocycles. The Morgan fingerprint density at radius 2 is 1.57 bits per heavy atom. The zero-order valence-corrected chi connectivity index (χ0v) is 15.8. The van der Waals surface area contributed by atoms with Crippen LogP contribution in [0.2, 0.25) is 0 Å². The molecule has 9 heteroatoms. The molecule has 0 amide bonds. The number of nitrogens with one attached hydrogen (secondary N) is 1. The Hall–Kier alpha value is -4.27. The topological polar surface area (TPSA) is 134 Å². The second kappa shape index (κ2) is 5.86. The average molecular weight is 403 g/mol. The van der Waals surface area contributed by atoms with Gasteiger partial charge < -0.3 is 19.4 Å². The van der Waals surface area contributed by atoms with E-state index in [1.54, 1.807) is 18.2 Å². The number of hydrogen-bond acceptors (Lipinski definition) is 8. The van der Waals surface area contributed by atoms with Crippen molar-refractivity contribution in [1.82, 2.24) is 9.97 Å². The fourth-order valence-electron chi connectivity index (χ4n) is 3.64. The van der Waals surface area contributed by atoms with E-state index in [1.807, 2.05) is 19.0 Å². The second-order valence-corrected chi connectivity index (χ2v) is 7.18. The normalized spacial score (nSPS) is 11.7. The molecule has 2 aromatic heterocycles. The summed E-state index contributed by atoms with van der Waals surface area (Å²) < 4.78 is 4.53. The molecule has 5 aromatic rings. The lowest BCUT2D eigenvalue weighted by atomic mass is 10.1. The number of hydrogen-bond donors (Lipinski definition) is 2. The van der Waals surface area contributed by atoms with Gasteiger partial charge in [-0.25, -0.2) is 14.6 Å². The van der Waals surface area contributed by atoms with Gasteiger partial charge in [0.25, 0.3) is 5.56 Å². The number of aromatic amines is 1. The van der Waals surface area contributed by atoms with Crippen LogP contribution in [0.25, 0.3) is 43.8 Å². The number of aromatic nitrogens is 2. The van der Waals surface area contributed by atoms with Gasteiger partial charge in [0.05, 0.1) is 21.7 Å². The lowest BCUT2D eigenvalue weighted by Gasteiger charge is -2.12. The van der Waals surface area contributed by atoms with Crippen molar-refractivity contribution >= 4 is 38.1 Å². The molecule has 0 radical (unpaired) electrons. The van der Waals surface area contributed by atoms with Crippen molar-refractivity contribution < 1.29 is 9.52 Å². The lowest BCUT2D eigenvalue weighted by molar-refractivity contribution is 0.484. The van der Waals surface area contributed by atoms with Crippen LogP contribution in [0, 0.1) is 0 Å². The molecule has 0 spiro atoms. The third-order valence-electron chi connectivity index (χ3n) is 5.19. The molecule has 0 aliphatic carbocycles. The van der Waals surface area contributed by atoms with Crippen LogP contribution in [-0.2, 0) is 0 Å². The minimum atomic E-state index is -0.854. The molecule has 0 bridgehead atoms. The zero-order chi connectivity index (χ0) is 21.3. The highest BCUT2D eigenvalue weighted by molar-refractivity contribution is 6.05. The number of benzene rings is 2. The summed E-state index contributed by atoms with van der Waals surface area (Å²) in [6.45, 7) is 0. The summed E-state index contributed by atoms with van der Waals surface area (Å²) >= 11 is 0. The number of furan rings is 1. The van der Waals surface area contributed by atoms with Gasteiger partial charge >= 0.3 is 11.3 Å². The molecular formula is C21H13N3O6. The molecular weight excluding hydrogens is 390 g/mol. The van der Waals surface area contributed by atoms with E-state index in [4.69, 9.17) is 0 Å². The van der Waals surface area contributed by atoms with E-state index in [0.717, 1.165) is 5.69 Å². The number of H-pyrrole nitrogens is 1. The molecule has 0 atom stereocenters. The Morgan fingerprint density at radius 3 is 2.23 bits per heavy atom. The Balaban J connectivity index is 1.82. The van der Waals surface area contributed by atoms with E-state index < -0.39 is 28.0 Å². The smallest absolute Gasteiger partial charge is 0.346 e. The summed E-state index contributed by atoms with van der Waals surface area (Å²) in [4.78, 5) is 57.9. The molecule has 0 aliphatic rings. The van der Waals surface area contributed by atoms with Crippen molar-refractivity contribution in [3.63, 3.8) is 0 Å². The molecule has 3 aromatic carbocycles. The van der Waals surface area contributed by atoms with E-state index in [0.29, 0.717) is 10.9 Å². The molecule has 9 nitrogen and oxygen atoms in total. The molecule has 30 heavy (non-hydrogen) atoms. The van der Waals surface area contributed by atoms with Crippen molar-refractivity contribution in [3.8, 4) is 17.1 Å². The highest BCUT2D eigenvalue weighted by atomic mass is 16.4. The van der Waals surface area contributed by atoms with Gasteiger partial charge in [-0.05, 0) is 30.3 Å². The van der Waals surface area contributed by atoms with E-state index in [1.165, 1.54) is 12.1 Å². The van der Waals surface area contributed by atoms with Crippen molar-refractivity contribution in [2.45, 2.75) is 0 Å². The van der Waals surface area contributed by atoms with Gasteiger partial charge in [-0.1, -0.05) is 0 Å². The van der Waals surface area contributed by atoms with Gasteiger partial charge in [-0.3, -0.25) is 9.59 Å². The summed E-state index contributed by atoms with van der Waals surface area (Å²) in [5.41, 5.74) is -1.84. The quantitative estimate of drug-likeness (QED) is 0.449. The van der Waals surface area contributed by atoms with Crippen molar-refractivity contribution in [2.24, 2.45) is 0 Å². The van der Waals surface area contributed by atoms with Gasteiger partial charge in [0, 0.05) is 30.6 Å². The molecule has 0 aliphatic heterocycles. The summed E-state index contributed by atoms with van der Waals surface area (Å²) in [5.74, 6) is -0.532. The molecule has 0 saturated heterocycles. The van der Waals surface area contributed by atoms with Gasteiger partial charge in [0.15, 0.2) is 0 Å². The summed E-state index contributed by atoms with van der Waals surface area (Å²) in [7, 11) is 3.68. The summed E-state index contributed by atoms with van der Waals surface area (Å²) in [6, 6.07) is 7.55. The Kier molecular flexibility index (Phi) is 3.48. The maximum absolute atomic E-state index is 13.0. The van der Waals surface area contributed by atoms with Crippen molar-refractivity contribution in [1.29, 1.82) is 0 Å². The first kappa shape index (κ1) is 17.8. The van der Waals surface area contributed by atoms with Crippen LogP contribution < -0.4 is 27.1 Å². The van der Waals surface area contributed by atoms with Gasteiger partial charge in [-0.15, -0.1) is 0 Å². The van der Waals surface area contributed by atoms with Crippen LogP contribution in [0.15, 0.2) is 53.9 Å². The largest absolute Gasteiger partial charge is 0.506 e. The van der Waals surface area contributed by atoms with Crippen LogP contribution in [0.5, 0.6) is 5.75 Å². The molecule has 148 valence electrons. The van der Waals surface area contributed by atoms with E-state index in [9.17, 15) is 24.3 Å². The number of anilines is 1. The third-order valence-corrected chi connectivity index (χ3v) is 5.19. The Labute approximate surface area is 166 Å². The molecule has 0 unspecified atom stereocenters. The minimum absolute atomic E-state index is 0.0265. The summed E-state index contributed by atoms with van der Waals surface area (Å²) in [6.07, 6.45) is 0. The van der Waals surface area contributed by atoms with Gasteiger partial charge in [0.1, 0.15) is 17.1 Å². The molecule has 5 rings (SSSR count). The maximum atomic E-state index is 13.0. The molecule has 2 N–H and O–H groups in total. The van der Waals surface area contributed by atoms with Gasteiger partial charge in [-0.2, -0.15) is 0 Å². The van der Waals surface area contributed by atoms with Crippen LogP contribution in [-0.4, -0.2) is 29.2 Å². The van der Waals surface area contributed by atoms with Crippen molar-refractivity contribution in [3.05, 3.63) is 71.7 Å². The van der Waals surface area contributed by atoms with Crippen LogP contribution >= 0.6 is 0 Å². The van der Waals surface area contributed by atoms with Crippen LogP contribution in [0.3, 0.4) is 0 Å². The fraction of sp³-hybridized carbons (Fsp3) is 0.0952. The first-order valence-corrected chi connectivity index (χ1v) is 8.91. The molecule has 0 saturated carbocycles. The first-order chi connectivity index (χ1) is 14.3. The number of nitrogens with zero attached hydrogens (tertiary/aromatic N) is 2. The van der Waals surface area contributed by atoms with E-state index in [-0.39, 0.29) is 32.9 Å². The maximum Gasteiger partial charge on any atom is 0.346 e. The van der Waals surface area contributed by atoms with Crippen LogP contribution in [0.1, 0.15) is 0 Å². The summed E-state index contributed by atoms with van der Waals surface area (Å²) in [5, 5.41) is 11.0. The minimum Gasteiger partial charge on any atom is -0.506 e. The zero-order valence-electron chi connectivity index (χ0n) is 15.8. The van der Waals surface area contributed by atoms with Crippen molar-refractivity contribution in [2.75, 3.05) is 19.0 Å². The predicted octanol–water partition coefficient (Wildman–Crippen LogP) is 1.22. The van der Waals surface area contributed by atoms with E-state index >= 15 is 0 Å². The Morgan fingerprint density at radius 1 is 0.900 bits per heavy atom. The average Bonchev–Trinajstić information content (AvgIpc) is 3.13. The fourth-order valence-corrected chi connectivity index (χ4v) is 3.64. The highest BCUT2D eigenvalue weighted by Crippen LogP contribution is 2.34. The SMILES string of the molecule is CN(C)c1ccc2nc(-c3c(O)c4cc5c(=O)oc(=O)c5cc4c3=O)[nH]c(=O)c2c1. The standard InChI is InChI=1S/C21H13N3O6/c1-24(2)8-3-4-14-13(5-8)19(27)23-18(22-14)15-16(25)9-6-11-12(7-10(9)17(15)26)21(29)30-20(11)28/h3-7,25H,1-2H3,(H,22,23,27). The first-order valence-electron chi connectivity index (χ1n) is 8.91. The van der Waals surface area contributed by atoms with Crippen LogP contribution in [0.4, 0.5) is 5.69 Å². The highest BCUT2D eigenvalue weighted by Gasteiger charge is 2.23. The number of fused-ring (bicyclic) bond motifs is 3. The monoisotopic (exact) mass is 403 g/mol. The van der Waals surface area contributed by atoms with E-state index in [2.05, 4.69) is 14.4 Å². The number of rotatable bonds is 2. The lowest BCUT2D eigenvalue weighted by Crippen LogP contribution is -2.14. The second-order valence-electron chi connectivity index (χ2n) is 7.18. The number of aromatic hydroxyl groups is 1. The van der Waals surface area contributed by atoms with Gasteiger partial charge in [0.2, 0.25) is 5.43 Å². The molecule has 0 fully saturated rings. The Bertz CT molecular complexity index is 1720. The predicted molar refractivity (Wildman–Crippen MR) is 112 cm³/mol.